The van der Waals surface area contributed by atoms with Gasteiger partial charge >= 0.3 is 10.4 Å². The van der Waals surface area contributed by atoms with Gasteiger partial charge in [0, 0.05) is 5.92 Å². The Labute approximate surface area is 162 Å². The molecule has 0 saturated carbocycles. The summed E-state index contributed by atoms with van der Waals surface area (Å²) in [5.74, 6) is 0.0624. The fourth-order valence-corrected chi connectivity index (χ4v) is 3.45. The quantitative estimate of drug-likeness (QED) is 0.148. The first-order valence-electron chi connectivity index (χ1n) is 10.8. The summed E-state index contributed by atoms with van der Waals surface area (Å²) in [5, 5.41) is 0. The molecular weight excluding hydrogens is 348 g/mol. The number of unbranched alkanes of at least 4 members (excludes halogenated alkanes) is 12. The Bertz CT molecular complexity index is 418. The van der Waals surface area contributed by atoms with Crippen LogP contribution in [0.25, 0.3) is 0 Å². The molecule has 0 aromatic heterocycles. The third-order valence-corrected chi connectivity index (χ3v) is 5.18. The molecule has 0 rings (SSSR count). The van der Waals surface area contributed by atoms with E-state index in [9.17, 15) is 8.42 Å². The predicted octanol–water partition coefficient (Wildman–Crippen LogP) is 6.87. The van der Waals surface area contributed by atoms with Gasteiger partial charge in [0.2, 0.25) is 0 Å². The Balaban J connectivity index is 3.85. The van der Waals surface area contributed by atoms with Crippen LogP contribution in [0, 0.1) is 5.92 Å². The monoisotopic (exact) mass is 390 g/mol. The zero-order valence-corrected chi connectivity index (χ0v) is 17.9. The maximum Gasteiger partial charge on any atom is 0.397 e. The minimum atomic E-state index is -4.34. The number of hydrogen-bond acceptors (Lipinski definition) is 3. The fourth-order valence-electron chi connectivity index (χ4n) is 3.10. The first-order chi connectivity index (χ1) is 12.5. The van der Waals surface area contributed by atoms with Gasteiger partial charge in [-0.3, -0.25) is 4.55 Å². The molecule has 1 atom stereocenters. The van der Waals surface area contributed by atoms with Crippen LogP contribution in [-0.4, -0.2) is 19.6 Å². The van der Waals surface area contributed by atoms with E-state index in [0.717, 1.165) is 25.7 Å². The molecule has 26 heavy (non-hydrogen) atoms. The Hall–Kier alpha value is -0.390. The molecule has 0 amide bonds. The van der Waals surface area contributed by atoms with Crippen LogP contribution in [0.5, 0.6) is 0 Å². The molecule has 0 heterocycles. The highest BCUT2D eigenvalue weighted by molar-refractivity contribution is 7.80. The summed E-state index contributed by atoms with van der Waals surface area (Å²) in [7, 11) is -4.34. The van der Waals surface area contributed by atoms with Gasteiger partial charge < -0.3 is 0 Å². The third kappa shape index (κ3) is 19.9. The molecule has 0 aliphatic carbocycles. The second-order valence-electron chi connectivity index (χ2n) is 7.37. The van der Waals surface area contributed by atoms with E-state index < -0.39 is 10.4 Å². The Morgan fingerprint density at radius 1 is 0.808 bits per heavy atom. The SMILES string of the molecule is CCCCCCCCCCC/C=C/C(CCCCCC)COS(=O)(=O)O. The maximum atomic E-state index is 10.8. The molecule has 0 aromatic carbocycles. The molecule has 0 radical (unpaired) electrons. The van der Waals surface area contributed by atoms with Crippen molar-refractivity contribution in [3.8, 4) is 0 Å². The molecule has 1 N–H and O–H groups in total. The lowest BCUT2D eigenvalue weighted by Crippen LogP contribution is -2.12. The van der Waals surface area contributed by atoms with Crippen LogP contribution >= 0.6 is 0 Å². The van der Waals surface area contributed by atoms with E-state index in [1.165, 1.54) is 70.6 Å². The highest BCUT2D eigenvalue weighted by atomic mass is 32.3. The first-order valence-corrected chi connectivity index (χ1v) is 12.1. The van der Waals surface area contributed by atoms with Crippen LogP contribution in [0.15, 0.2) is 12.2 Å². The molecule has 4 nitrogen and oxygen atoms in total. The Morgan fingerprint density at radius 3 is 1.85 bits per heavy atom. The lowest BCUT2D eigenvalue weighted by atomic mass is 10.00. The van der Waals surface area contributed by atoms with Crippen molar-refractivity contribution in [3.63, 3.8) is 0 Å². The summed E-state index contributed by atoms with van der Waals surface area (Å²) in [4.78, 5) is 0. The van der Waals surface area contributed by atoms with Crippen LogP contribution < -0.4 is 0 Å². The van der Waals surface area contributed by atoms with Gasteiger partial charge in [-0.05, 0) is 19.3 Å². The van der Waals surface area contributed by atoms with Crippen LogP contribution in [0.2, 0.25) is 0 Å². The molecule has 1 unspecified atom stereocenters. The summed E-state index contributed by atoms with van der Waals surface area (Å²) in [6.45, 7) is 4.46. The number of hydrogen-bond donors (Lipinski definition) is 1. The van der Waals surface area contributed by atoms with E-state index in [2.05, 4.69) is 30.2 Å². The maximum absolute atomic E-state index is 10.8. The topological polar surface area (TPSA) is 63.6 Å². The highest BCUT2D eigenvalue weighted by Gasteiger charge is 2.11. The lowest BCUT2D eigenvalue weighted by molar-refractivity contribution is 0.234. The molecule has 5 heteroatoms. The molecule has 0 saturated heterocycles. The summed E-state index contributed by atoms with van der Waals surface area (Å²) >= 11 is 0. The Kier molecular flexibility index (Phi) is 17.7. The van der Waals surface area contributed by atoms with Crippen molar-refractivity contribution in [2.75, 3.05) is 6.61 Å². The fraction of sp³-hybridized carbons (Fsp3) is 0.905. The molecule has 156 valence electrons. The van der Waals surface area contributed by atoms with Crippen molar-refractivity contribution in [2.24, 2.45) is 5.92 Å². The van der Waals surface area contributed by atoms with Gasteiger partial charge in [-0.1, -0.05) is 103 Å². The van der Waals surface area contributed by atoms with Crippen molar-refractivity contribution in [2.45, 2.75) is 110 Å². The number of allylic oxidation sites excluding steroid dienone is 1. The van der Waals surface area contributed by atoms with Crippen molar-refractivity contribution < 1.29 is 17.2 Å². The summed E-state index contributed by atoms with van der Waals surface area (Å²) < 4.78 is 34.9. The van der Waals surface area contributed by atoms with E-state index in [-0.39, 0.29) is 12.5 Å². The van der Waals surface area contributed by atoms with Gasteiger partial charge in [0.25, 0.3) is 0 Å². The van der Waals surface area contributed by atoms with Gasteiger partial charge in [-0.15, -0.1) is 0 Å². The van der Waals surface area contributed by atoms with Gasteiger partial charge in [-0.25, -0.2) is 4.18 Å². The normalized spacial score (nSPS) is 13.5. The highest BCUT2D eigenvalue weighted by Crippen LogP contribution is 2.15. The van der Waals surface area contributed by atoms with Gasteiger partial charge in [0.1, 0.15) is 0 Å². The number of rotatable bonds is 19. The standard InChI is InChI=1S/C21H42O4S/c1-3-5-7-9-10-11-12-13-14-15-17-19-21(18-16-8-6-4-2)20-25-26(22,23)24/h17,19,21H,3-16,18,20H2,1-2H3,(H,22,23,24)/b19-17+. The van der Waals surface area contributed by atoms with E-state index in [0.29, 0.717) is 0 Å². The van der Waals surface area contributed by atoms with E-state index in [4.69, 9.17) is 4.55 Å². The molecule has 0 spiro atoms. The van der Waals surface area contributed by atoms with E-state index >= 15 is 0 Å². The first kappa shape index (κ1) is 25.6. The average Bonchev–Trinajstić information content (AvgIpc) is 2.59. The second kappa shape index (κ2) is 18.0. The molecule has 0 aliphatic rings. The van der Waals surface area contributed by atoms with Crippen LogP contribution in [-0.2, 0) is 14.6 Å². The van der Waals surface area contributed by atoms with Crippen molar-refractivity contribution in [1.82, 2.24) is 0 Å². The molecule has 0 bridgehead atoms. The second-order valence-corrected chi connectivity index (χ2v) is 8.46. The van der Waals surface area contributed by atoms with Gasteiger partial charge in [0.05, 0.1) is 6.61 Å². The lowest BCUT2D eigenvalue weighted by Gasteiger charge is -2.11. The zero-order valence-electron chi connectivity index (χ0n) is 17.1. The molecule has 0 aromatic rings. The van der Waals surface area contributed by atoms with Crippen LogP contribution in [0.4, 0.5) is 0 Å². The summed E-state index contributed by atoms with van der Waals surface area (Å²) in [6.07, 6.45) is 22.7. The molecule has 0 fully saturated rings. The van der Waals surface area contributed by atoms with Gasteiger partial charge in [0.15, 0.2) is 0 Å². The average molecular weight is 391 g/mol. The van der Waals surface area contributed by atoms with E-state index in [1.54, 1.807) is 0 Å². The van der Waals surface area contributed by atoms with Crippen molar-refractivity contribution in [3.05, 3.63) is 12.2 Å². The van der Waals surface area contributed by atoms with Crippen LogP contribution in [0.1, 0.15) is 110 Å². The predicted molar refractivity (Wildman–Crippen MR) is 111 cm³/mol. The minimum absolute atomic E-state index is 0.0409. The molecular formula is C21H42O4S. The van der Waals surface area contributed by atoms with Crippen molar-refractivity contribution in [1.29, 1.82) is 0 Å². The van der Waals surface area contributed by atoms with Crippen molar-refractivity contribution >= 4 is 10.4 Å². The van der Waals surface area contributed by atoms with Crippen LogP contribution in [0.3, 0.4) is 0 Å². The smallest absolute Gasteiger partial charge is 0.264 e. The Morgan fingerprint density at radius 2 is 1.31 bits per heavy atom. The third-order valence-electron chi connectivity index (χ3n) is 4.74. The van der Waals surface area contributed by atoms with Gasteiger partial charge in [-0.2, -0.15) is 8.42 Å². The zero-order chi connectivity index (χ0) is 19.5. The minimum Gasteiger partial charge on any atom is -0.264 e. The van der Waals surface area contributed by atoms with E-state index in [1.807, 2.05) is 0 Å². The largest absolute Gasteiger partial charge is 0.397 e. The summed E-state index contributed by atoms with van der Waals surface area (Å²) in [6, 6.07) is 0. The molecule has 0 aliphatic heterocycles. The summed E-state index contributed by atoms with van der Waals surface area (Å²) in [5.41, 5.74) is 0.